The van der Waals surface area contributed by atoms with Crippen LogP contribution in [0, 0.1) is 6.92 Å². The summed E-state index contributed by atoms with van der Waals surface area (Å²) in [4.78, 5) is 4.20. The van der Waals surface area contributed by atoms with E-state index >= 15 is 0 Å². The largest absolute Gasteiger partial charge is 0.332 e. The molecule has 0 unspecified atom stereocenters. The van der Waals surface area contributed by atoms with E-state index in [0.29, 0.717) is 32.7 Å². The molecular formula is C17H14Cl3N5S. The molecule has 0 saturated heterocycles. The van der Waals surface area contributed by atoms with Gasteiger partial charge in [0.1, 0.15) is 6.33 Å². The molecule has 0 aliphatic rings. The molecule has 2 N–H and O–H groups in total. The molecule has 0 spiro atoms. The molecule has 3 rings (SSSR count). The first-order valence-corrected chi connectivity index (χ1v) is 9.12. The first kappa shape index (κ1) is 18.9. The third-order valence-corrected chi connectivity index (χ3v) is 4.72. The third-order valence-electron chi connectivity index (χ3n) is 3.54. The Morgan fingerprint density at radius 3 is 2.65 bits per heavy atom. The standard InChI is InChI=1S/C17H14Cl3N5S/c1-10-2-4-12(18)7-15(10)22-17(26)23-16-21-9-25(24-16)8-11-3-5-13(19)14(20)6-11/h2-7,9H,8H2,1H3,(H2,22,23,24,26). The maximum absolute atomic E-state index is 6.03. The minimum Gasteiger partial charge on any atom is -0.332 e. The smallest absolute Gasteiger partial charge is 0.248 e. The molecule has 0 saturated carbocycles. The Labute approximate surface area is 171 Å². The van der Waals surface area contributed by atoms with Gasteiger partial charge >= 0.3 is 0 Å². The summed E-state index contributed by atoms with van der Waals surface area (Å²) in [5, 5.41) is 12.4. The lowest BCUT2D eigenvalue weighted by Gasteiger charge is -2.10. The molecule has 3 aromatic rings. The molecule has 0 amide bonds. The zero-order chi connectivity index (χ0) is 18.7. The van der Waals surface area contributed by atoms with Crippen LogP contribution < -0.4 is 10.6 Å². The Morgan fingerprint density at radius 1 is 1.08 bits per heavy atom. The molecule has 5 nitrogen and oxygen atoms in total. The lowest BCUT2D eigenvalue weighted by atomic mass is 10.2. The molecule has 0 fully saturated rings. The van der Waals surface area contributed by atoms with Crippen molar-refractivity contribution in [2.45, 2.75) is 13.5 Å². The van der Waals surface area contributed by atoms with Crippen LogP contribution in [0.15, 0.2) is 42.7 Å². The first-order valence-electron chi connectivity index (χ1n) is 7.58. The molecular weight excluding hydrogens is 413 g/mol. The Bertz CT molecular complexity index is 957. The van der Waals surface area contributed by atoms with Gasteiger partial charge in [-0.2, -0.15) is 0 Å². The van der Waals surface area contributed by atoms with Gasteiger partial charge in [0.25, 0.3) is 0 Å². The lowest BCUT2D eigenvalue weighted by Crippen LogP contribution is -2.20. The van der Waals surface area contributed by atoms with Crippen LogP contribution in [0.4, 0.5) is 11.6 Å². The molecule has 0 atom stereocenters. The minimum absolute atomic E-state index is 0.377. The predicted molar refractivity (Wildman–Crippen MR) is 112 cm³/mol. The highest BCUT2D eigenvalue weighted by atomic mass is 35.5. The number of anilines is 2. The zero-order valence-corrected chi connectivity index (χ0v) is 16.7. The van der Waals surface area contributed by atoms with Gasteiger partial charge in [-0.15, -0.1) is 5.10 Å². The summed E-state index contributed by atoms with van der Waals surface area (Å²) in [6.45, 7) is 2.48. The van der Waals surface area contributed by atoms with Gasteiger partial charge in [0, 0.05) is 10.7 Å². The van der Waals surface area contributed by atoms with Gasteiger partial charge in [0.15, 0.2) is 5.11 Å². The molecule has 0 bridgehead atoms. The number of aryl methyl sites for hydroxylation is 1. The molecule has 0 aliphatic heterocycles. The highest BCUT2D eigenvalue weighted by Gasteiger charge is 2.07. The van der Waals surface area contributed by atoms with Crippen LogP contribution in [0.3, 0.4) is 0 Å². The number of halogens is 3. The number of hydrogen-bond acceptors (Lipinski definition) is 3. The molecule has 0 aliphatic carbocycles. The molecule has 1 heterocycles. The third kappa shape index (κ3) is 4.86. The van der Waals surface area contributed by atoms with Gasteiger partial charge in [0.05, 0.1) is 16.6 Å². The minimum atomic E-state index is 0.377. The number of nitrogens with one attached hydrogen (secondary N) is 2. The normalized spacial score (nSPS) is 10.6. The summed E-state index contributed by atoms with van der Waals surface area (Å²) < 4.78 is 1.68. The highest BCUT2D eigenvalue weighted by Crippen LogP contribution is 2.23. The van der Waals surface area contributed by atoms with Crippen molar-refractivity contribution in [2.75, 3.05) is 10.6 Å². The van der Waals surface area contributed by atoms with Crippen molar-refractivity contribution >= 4 is 63.8 Å². The monoisotopic (exact) mass is 425 g/mol. The van der Waals surface area contributed by atoms with Crippen molar-refractivity contribution in [3.8, 4) is 0 Å². The predicted octanol–water partition coefficient (Wildman–Crippen LogP) is 5.40. The summed E-state index contributed by atoms with van der Waals surface area (Å²) in [6.07, 6.45) is 1.61. The van der Waals surface area contributed by atoms with Crippen LogP contribution in [0.5, 0.6) is 0 Å². The molecule has 9 heteroatoms. The fraction of sp³-hybridized carbons (Fsp3) is 0.118. The van der Waals surface area contributed by atoms with E-state index in [1.807, 2.05) is 25.1 Å². The topological polar surface area (TPSA) is 54.8 Å². The fourth-order valence-electron chi connectivity index (χ4n) is 2.24. The maximum atomic E-state index is 6.03. The SMILES string of the molecule is Cc1ccc(Cl)cc1NC(=S)Nc1ncn(Cc2ccc(Cl)c(Cl)c2)n1. The number of rotatable bonds is 4. The number of benzene rings is 2. The second-order valence-corrected chi connectivity index (χ2v) is 7.21. The van der Waals surface area contributed by atoms with E-state index in [1.165, 1.54) is 0 Å². The van der Waals surface area contributed by atoms with E-state index in [1.54, 1.807) is 29.2 Å². The highest BCUT2D eigenvalue weighted by molar-refractivity contribution is 7.80. The van der Waals surface area contributed by atoms with Crippen molar-refractivity contribution in [3.63, 3.8) is 0 Å². The second kappa shape index (κ2) is 8.22. The molecule has 134 valence electrons. The van der Waals surface area contributed by atoms with Crippen molar-refractivity contribution < 1.29 is 0 Å². The quantitative estimate of drug-likeness (QED) is 0.547. The average molecular weight is 427 g/mol. The number of nitrogens with zero attached hydrogens (tertiary/aromatic N) is 3. The van der Waals surface area contributed by atoms with Gasteiger partial charge in [-0.1, -0.05) is 46.9 Å². The van der Waals surface area contributed by atoms with Crippen LogP contribution in [0.2, 0.25) is 15.1 Å². The summed E-state index contributed by atoms with van der Waals surface area (Å²) >= 11 is 23.3. The van der Waals surface area contributed by atoms with Crippen LogP contribution in [0.25, 0.3) is 0 Å². The van der Waals surface area contributed by atoms with Gasteiger partial charge < -0.3 is 5.32 Å². The van der Waals surface area contributed by atoms with Crippen molar-refractivity contribution in [2.24, 2.45) is 0 Å². The first-order chi connectivity index (χ1) is 12.4. The van der Waals surface area contributed by atoms with Crippen LogP contribution >= 0.6 is 47.0 Å². The summed E-state index contributed by atoms with van der Waals surface area (Å²) in [5.74, 6) is 0.391. The number of hydrogen-bond donors (Lipinski definition) is 2. The fourth-order valence-corrected chi connectivity index (χ4v) is 2.93. The summed E-state index contributed by atoms with van der Waals surface area (Å²) in [6, 6.07) is 11.0. The van der Waals surface area contributed by atoms with Crippen molar-refractivity contribution in [1.82, 2.24) is 14.8 Å². The zero-order valence-electron chi connectivity index (χ0n) is 13.6. The molecule has 1 aromatic heterocycles. The average Bonchev–Trinajstić information content (AvgIpc) is 3.01. The van der Waals surface area contributed by atoms with E-state index in [4.69, 9.17) is 47.0 Å². The Kier molecular flexibility index (Phi) is 5.98. The maximum Gasteiger partial charge on any atom is 0.248 e. The van der Waals surface area contributed by atoms with Crippen LogP contribution in [-0.4, -0.2) is 19.9 Å². The van der Waals surface area contributed by atoms with E-state index in [-0.39, 0.29) is 0 Å². The van der Waals surface area contributed by atoms with Gasteiger partial charge in [-0.25, -0.2) is 9.67 Å². The molecule has 0 radical (unpaired) electrons. The van der Waals surface area contributed by atoms with E-state index in [9.17, 15) is 0 Å². The van der Waals surface area contributed by atoms with Crippen LogP contribution in [-0.2, 0) is 6.54 Å². The number of aromatic nitrogens is 3. The van der Waals surface area contributed by atoms with Crippen molar-refractivity contribution in [3.05, 3.63) is 68.9 Å². The van der Waals surface area contributed by atoms with E-state index in [2.05, 4.69) is 20.7 Å². The van der Waals surface area contributed by atoms with Gasteiger partial charge in [-0.05, 0) is 54.5 Å². The number of thiocarbonyl (C=S) groups is 1. The Balaban J connectivity index is 1.63. The Hall–Kier alpha value is -1.86. The lowest BCUT2D eigenvalue weighted by molar-refractivity contribution is 0.687. The summed E-state index contributed by atoms with van der Waals surface area (Å²) in [7, 11) is 0. The second-order valence-electron chi connectivity index (χ2n) is 5.55. The molecule has 2 aromatic carbocycles. The van der Waals surface area contributed by atoms with E-state index in [0.717, 1.165) is 16.8 Å². The van der Waals surface area contributed by atoms with Gasteiger partial charge in [-0.3, -0.25) is 5.32 Å². The van der Waals surface area contributed by atoms with E-state index < -0.39 is 0 Å². The Morgan fingerprint density at radius 2 is 1.88 bits per heavy atom. The molecule has 26 heavy (non-hydrogen) atoms. The summed E-state index contributed by atoms with van der Waals surface area (Å²) in [5.41, 5.74) is 2.81. The van der Waals surface area contributed by atoms with Gasteiger partial charge in [0.2, 0.25) is 5.95 Å². The van der Waals surface area contributed by atoms with Crippen molar-refractivity contribution in [1.29, 1.82) is 0 Å². The van der Waals surface area contributed by atoms with Crippen LogP contribution in [0.1, 0.15) is 11.1 Å².